The monoisotopic (exact) mass is 198 g/mol. The highest BCUT2D eigenvalue weighted by molar-refractivity contribution is 6.30. The number of rotatable bonds is 4. The standard InChI is InChI=1S/C11H15ClO/c1-9(8-13)2-3-10-4-6-11(12)7-5-10/h4-7,9,13H,2-3,8H2,1H3. The lowest BCUT2D eigenvalue weighted by molar-refractivity contribution is 0.230. The number of aryl methyl sites for hydroxylation is 1. The molecule has 13 heavy (non-hydrogen) atoms. The third kappa shape index (κ3) is 3.79. The molecule has 72 valence electrons. The van der Waals surface area contributed by atoms with Crippen LogP contribution in [0.15, 0.2) is 24.3 Å². The molecule has 0 amide bonds. The molecule has 2 heteroatoms. The molecule has 0 saturated heterocycles. The van der Waals surface area contributed by atoms with E-state index in [1.165, 1.54) is 5.56 Å². The van der Waals surface area contributed by atoms with Crippen molar-refractivity contribution in [2.75, 3.05) is 6.61 Å². The van der Waals surface area contributed by atoms with Crippen molar-refractivity contribution in [2.45, 2.75) is 19.8 Å². The summed E-state index contributed by atoms with van der Waals surface area (Å²) in [5.74, 6) is 0.385. The van der Waals surface area contributed by atoms with Crippen LogP contribution in [0.4, 0.5) is 0 Å². The fourth-order valence-corrected chi connectivity index (χ4v) is 1.28. The van der Waals surface area contributed by atoms with Crippen molar-refractivity contribution in [1.82, 2.24) is 0 Å². The lowest BCUT2D eigenvalue weighted by Crippen LogP contribution is -2.01. The van der Waals surface area contributed by atoms with Gasteiger partial charge in [-0.2, -0.15) is 0 Å². The van der Waals surface area contributed by atoms with E-state index in [0.29, 0.717) is 5.92 Å². The molecule has 0 heterocycles. The van der Waals surface area contributed by atoms with Crippen LogP contribution in [0, 0.1) is 5.92 Å². The van der Waals surface area contributed by atoms with Gasteiger partial charge in [0.15, 0.2) is 0 Å². The van der Waals surface area contributed by atoms with Crippen molar-refractivity contribution in [1.29, 1.82) is 0 Å². The normalized spacial score (nSPS) is 12.8. The number of hydrogen-bond donors (Lipinski definition) is 1. The Morgan fingerprint density at radius 1 is 1.31 bits per heavy atom. The number of aliphatic hydroxyl groups excluding tert-OH is 1. The van der Waals surface area contributed by atoms with Gasteiger partial charge in [-0.25, -0.2) is 0 Å². The maximum atomic E-state index is 8.84. The van der Waals surface area contributed by atoms with Gasteiger partial charge in [-0.3, -0.25) is 0 Å². The zero-order valence-electron chi connectivity index (χ0n) is 7.83. The predicted molar refractivity (Wildman–Crippen MR) is 56.0 cm³/mol. The summed E-state index contributed by atoms with van der Waals surface area (Å²) >= 11 is 5.76. The van der Waals surface area contributed by atoms with Crippen molar-refractivity contribution in [3.8, 4) is 0 Å². The Balaban J connectivity index is 2.41. The van der Waals surface area contributed by atoms with Crippen LogP contribution >= 0.6 is 11.6 Å². The summed E-state index contributed by atoms with van der Waals surface area (Å²) in [6.07, 6.45) is 2.04. The number of hydrogen-bond acceptors (Lipinski definition) is 1. The van der Waals surface area contributed by atoms with Crippen LogP contribution in [0.2, 0.25) is 5.02 Å². The molecular weight excluding hydrogens is 184 g/mol. The molecule has 1 nitrogen and oxygen atoms in total. The Morgan fingerprint density at radius 3 is 2.46 bits per heavy atom. The average Bonchev–Trinajstić information content (AvgIpc) is 2.16. The zero-order valence-corrected chi connectivity index (χ0v) is 8.59. The lowest BCUT2D eigenvalue weighted by atomic mass is 10.0. The minimum atomic E-state index is 0.271. The van der Waals surface area contributed by atoms with Crippen molar-refractivity contribution < 1.29 is 5.11 Å². The van der Waals surface area contributed by atoms with E-state index >= 15 is 0 Å². The molecular formula is C11H15ClO. The van der Waals surface area contributed by atoms with Crippen LogP contribution in [-0.2, 0) is 6.42 Å². The molecule has 1 aromatic rings. The van der Waals surface area contributed by atoms with Gasteiger partial charge in [0.25, 0.3) is 0 Å². The Bertz CT molecular complexity index is 243. The summed E-state index contributed by atoms with van der Waals surface area (Å²) in [5, 5.41) is 9.61. The van der Waals surface area contributed by atoms with Gasteiger partial charge >= 0.3 is 0 Å². The molecule has 1 unspecified atom stereocenters. The summed E-state index contributed by atoms with van der Waals surface area (Å²) in [5.41, 5.74) is 1.28. The molecule has 1 rings (SSSR count). The van der Waals surface area contributed by atoms with E-state index in [1.807, 2.05) is 24.3 Å². The molecule has 0 bridgehead atoms. The van der Waals surface area contributed by atoms with Crippen LogP contribution in [0.25, 0.3) is 0 Å². The summed E-state index contributed by atoms with van der Waals surface area (Å²) in [7, 11) is 0. The van der Waals surface area contributed by atoms with Crippen molar-refractivity contribution in [3.63, 3.8) is 0 Å². The fraction of sp³-hybridized carbons (Fsp3) is 0.455. The molecule has 1 atom stereocenters. The van der Waals surface area contributed by atoms with Gasteiger partial charge < -0.3 is 5.11 Å². The highest BCUT2D eigenvalue weighted by Gasteiger charge is 2.00. The molecule has 0 aliphatic rings. The summed E-state index contributed by atoms with van der Waals surface area (Å²) < 4.78 is 0. The molecule has 0 fully saturated rings. The smallest absolute Gasteiger partial charge is 0.0456 e. The molecule has 0 radical (unpaired) electrons. The average molecular weight is 199 g/mol. The van der Waals surface area contributed by atoms with E-state index in [-0.39, 0.29) is 6.61 Å². The summed E-state index contributed by atoms with van der Waals surface area (Å²) in [6.45, 7) is 2.32. The first kappa shape index (κ1) is 10.6. The topological polar surface area (TPSA) is 20.2 Å². The maximum Gasteiger partial charge on any atom is 0.0456 e. The maximum absolute atomic E-state index is 8.84. The Morgan fingerprint density at radius 2 is 1.92 bits per heavy atom. The molecule has 0 aromatic heterocycles. The molecule has 0 saturated carbocycles. The summed E-state index contributed by atoms with van der Waals surface area (Å²) in [6, 6.07) is 7.87. The van der Waals surface area contributed by atoms with Crippen molar-refractivity contribution in [3.05, 3.63) is 34.9 Å². The third-order valence-electron chi connectivity index (χ3n) is 2.15. The SMILES string of the molecule is CC(CO)CCc1ccc(Cl)cc1. The van der Waals surface area contributed by atoms with Gasteiger partial charge in [0, 0.05) is 11.6 Å². The molecule has 1 aromatic carbocycles. The summed E-state index contributed by atoms with van der Waals surface area (Å²) in [4.78, 5) is 0. The molecule has 0 aliphatic carbocycles. The van der Waals surface area contributed by atoms with Crippen molar-refractivity contribution in [2.24, 2.45) is 5.92 Å². The minimum Gasteiger partial charge on any atom is -0.396 e. The van der Waals surface area contributed by atoms with Gasteiger partial charge in [0.1, 0.15) is 0 Å². The first-order valence-corrected chi connectivity index (χ1v) is 4.95. The van der Waals surface area contributed by atoms with Crippen molar-refractivity contribution >= 4 is 11.6 Å². The second-order valence-electron chi connectivity index (χ2n) is 3.45. The van der Waals surface area contributed by atoms with E-state index < -0.39 is 0 Å². The number of benzene rings is 1. The van der Waals surface area contributed by atoms with Gasteiger partial charge in [-0.1, -0.05) is 30.7 Å². The second kappa shape index (κ2) is 5.25. The second-order valence-corrected chi connectivity index (χ2v) is 3.89. The molecule has 0 spiro atoms. The van der Waals surface area contributed by atoms with Crippen LogP contribution in [0.1, 0.15) is 18.9 Å². The van der Waals surface area contributed by atoms with Crippen LogP contribution < -0.4 is 0 Å². The fourth-order valence-electron chi connectivity index (χ4n) is 1.16. The highest BCUT2D eigenvalue weighted by atomic mass is 35.5. The van der Waals surface area contributed by atoms with Gasteiger partial charge in [0.2, 0.25) is 0 Å². The Hall–Kier alpha value is -0.530. The highest BCUT2D eigenvalue weighted by Crippen LogP contribution is 2.13. The van der Waals surface area contributed by atoms with Gasteiger partial charge in [-0.05, 0) is 36.5 Å². The van der Waals surface area contributed by atoms with Crippen LogP contribution in [0.3, 0.4) is 0 Å². The molecule has 1 N–H and O–H groups in total. The first-order valence-electron chi connectivity index (χ1n) is 4.57. The molecule has 0 aliphatic heterocycles. The lowest BCUT2D eigenvalue weighted by Gasteiger charge is -2.06. The Labute approximate surface area is 84.4 Å². The Kier molecular flexibility index (Phi) is 4.26. The first-order chi connectivity index (χ1) is 6.22. The quantitative estimate of drug-likeness (QED) is 0.789. The largest absolute Gasteiger partial charge is 0.396 e. The minimum absolute atomic E-state index is 0.271. The van der Waals surface area contributed by atoms with E-state index in [4.69, 9.17) is 16.7 Å². The number of aliphatic hydroxyl groups is 1. The van der Waals surface area contributed by atoms with Gasteiger partial charge in [0.05, 0.1) is 0 Å². The van der Waals surface area contributed by atoms with Crippen LogP contribution in [-0.4, -0.2) is 11.7 Å². The van der Waals surface area contributed by atoms with E-state index in [1.54, 1.807) is 0 Å². The van der Waals surface area contributed by atoms with Gasteiger partial charge in [-0.15, -0.1) is 0 Å². The van der Waals surface area contributed by atoms with E-state index in [2.05, 4.69) is 6.92 Å². The van der Waals surface area contributed by atoms with E-state index in [9.17, 15) is 0 Å². The third-order valence-corrected chi connectivity index (χ3v) is 2.40. The number of halogens is 1. The van der Waals surface area contributed by atoms with E-state index in [0.717, 1.165) is 17.9 Å². The predicted octanol–water partition coefficient (Wildman–Crippen LogP) is 2.90. The zero-order chi connectivity index (χ0) is 9.68. The van der Waals surface area contributed by atoms with Crippen LogP contribution in [0.5, 0.6) is 0 Å².